The first kappa shape index (κ1) is 15.4. The van der Waals surface area contributed by atoms with Gasteiger partial charge < -0.3 is 9.84 Å². The predicted octanol–water partition coefficient (Wildman–Crippen LogP) is 3.67. The van der Waals surface area contributed by atoms with E-state index in [-0.39, 0.29) is 24.1 Å². The van der Waals surface area contributed by atoms with E-state index in [2.05, 4.69) is 5.10 Å². The SMILES string of the molecule is CCOC(=O)c1nn(C(C)C)c(-c2ccc(Cl)cc2)c1O. The monoisotopic (exact) mass is 308 g/mol. The first-order valence-corrected chi connectivity index (χ1v) is 7.08. The molecule has 0 amide bonds. The van der Waals surface area contributed by atoms with Crippen LogP contribution in [-0.2, 0) is 4.74 Å². The van der Waals surface area contributed by atoms with E-state index in [0.717, 1.165) is 5.56 Å². The Balaban J connectivity index is 2.58. The number of rotatable bonds is 4. The van der Waals surface area contributed by atoms with Crippen molar-refractivity contribution in [2.75, 3.05) is 6.61 Å². The van der Waals surface area contributed by atoms with Gasteiger partial charge in [0.05, 0.1) is 6.61 Å². The number of nitrogens with zero attached hydrogens (tertiary/aromatic N) is 2. The Morgan fingerprint density at radius 2 is 2.00 bits per heavy atom. The molecule has 21 heavy (non-hydrogen) atoms. The standard InChI is InChI=1S/C15H17ClN2O3/c1-4-21-15(20)12-14(19)13(18(17-12)9(2)3)10-5-7-11(16)8-6-10/h5-9,19H,4H2,1-3H3. The molecule has 0 atom stereocenters. The van der Waals surface area contributed by atoms with Crippen molar-refractivity contribution in [2.24, 2.45) is 0 Å². The van der Waals surface area contributed by atoms with Gasteiger partial charge >= 0.3 is 5.97 Å². The molecule has 0 spiro atoms. The van der Waals surface area contributed by atoms with Gasteiger partial charge in [0.1, 0.15) is 5.69 Å². The maximum Gasteiger partial charge on any atom is 0.362 e. The molecule has 0 bridgehead atoms. The molecule has 1 aromatic heterocycles. The Morgan fingerprint density at radius 3 is 2.52 bits per heavy atom. The number of aromatic hydroxyl groups is 1. The number of hydrogen-bond donors (Lipinski definition) is 1. The van der Waals surface area contributed by atoms with E-state index in [0.29, 0.717) is 10.7 Å². The zero-order valence-corrected chi connectivity index (χ0v) is 12.9. The van der Waals surface area contributed by atoms with Crippen LogP contribution >= 0.6 is 11.6 Å². The molecule has 0 aliphatic rings. The molecule has 2 rings (SSSR count). The summed E-state index contributed by atoms with van der Waals surface area (Å²) in [5.41, 5.74) is 1.13. The second-order valence-corrected chi connectivity index (χ2v) is 5.25. The number of aromatic nitrogens is 2. The molecule has 1 N–H and O–H groups in total. The maximum atomic E-state index is 11.9. The van der Waals surface area contributed by atoms with Gasteiger partial charge in [-0.05, 0) is 32.9 Å². The Bertz CT molecular complexity index is 648. The maximum absolute atomic E-state index is 11.9. The van der Waals surface area contributed by atoms with Crippen LogP contribution in [0.2, 0.25) is 5.02 Å². The number of carbonyl (C=O) groups is 1. The van der Waals surface area contributed by atoms with Crippen LogP contribution in [0.4, 0.5) is 0 Å². The highest BCUT2D eigenvalue weighted by Crippen LogP contribution is 2.35. The minimum atomic E-state index is -0.635. The van der Waals surface area contributed by atoms with E-state index < -0.39 is 5.97 Å². The van der Waals surface area contributed by atoms with Crippen molar-refractivity contribution in [2.45, 2.75) is 26.8 Å². The molecule has 0 saturated carbocycles. The van der Waals surface area contributed by atoms with Crippen LogP contribution in [0.3, 0.4) is 0 Å². The predicted molar refractivity (Wildman–Crippen MR) is 80.7 cm³/mol. The average Bonchev–Trinajstić information content (AvgIpc) is 2.78. The quantitative estimate of drug-likeness (QED) is 0.875. The summed E-state index contributed by atoms with van der Waals surface area (Å²) in [6.45, 7) is 5.76. The number of benzene rings is 1. The molecule has 0 radical (unpaired) electrons. The summed E-state index contributed by atoms with van der Waals surface area (Å²) >= 11 is 5.88. The van der Waals surface area contributed by atoms with Gasteiger partial charge in [-0.15, -0.1) is 0 Å². The van der Waals surface area contributed by atoms with Gasteiger partial charge in [0.25, 0.3) is 0 Å². The third-order valence-electron chi connectivity index (χ3n) is 2.96. The number of hydrogen-bond acceptors (Lipinski definition) is 4. The number of carbonyl (C=O) groups excluding carboxylic acids is 1. The molecule has 5 nitrogen and oxygen atoms in total. The van der Waals surface area contributed by atoms with Gasteiger partial charge in [-0.1, -0.05) is 23.7 Å². The van der Waals surface area contributed by atoms with E-state index in [1.165, 1.54) is 0 Å². The summed E-state index contributed by atoms with van der Waals surface area (Å²) in [5, 5.41) is 15.1. The summed E-state index contributed by atoms with van der Waals surface area (Å²) in [4.78, 5) is 11.9. The summed E-state index contributed by atoms with van der Waals surface area (Å²) in [6.07, 6.45) is 0. The smallest absolute Gasteiger partial charge is 0.362 e. The molecule has 0 fully saturated rings. The minimum absolute atomic E-state index is 0.0234. The highest BCUT2D eigenvalue weighted by Gasteiger charge is 2.25. The van der Waals surface area contributed by atoms with Gasteiger partial charge in [-0.2, -0.15) is 5.10 Å². The van der Waals surface area contributed by atoms with E-state index >= 15 is 0 Å². The summed E-state index contributed by atoms with van der Waals surface area (Å²) in [6, 6.07) is 6.96. The van der Waals surface area contributed by atoms with Crippen molar-refractivity contribution in [3.05, 3.63) is 35.0 Å². The normalized spacial score (nSPS) is 10.9. The lowest BCUT2D eigenvalue weighted by atomic mass is 10.1. The molecule has 1 heterocycles. The first-order chi connectivity index (χ1) is 9.95. The van der Waals surface area contributed by atoms with Crippen LogP contribution in [0.5, 0.6) is 5.75 Å². The number of esters is 1. The van der Waals surface area contributed by atoms with E-state index in [1.54, 1.807) is 35.9 Å². The van der Waals surface area contributed by atoms with Crippen molar-refractivity contribution in [1.82, 2.24) is 9.78 Å². The fourth-order valence-electron chi connectivity index (χ4n) is 2.01. The minimum Gasteiger partial charge on any atom is -0.504 e. The van der Waals surface area contributed by atoms with Gasteiger partial charge in [0.15, 0.2) is 5.75 Å². The molecule has 0 unspecified atom stereocenters. The van der Waals surface area contributed by atoms with Crippen molar-refractivity contribution in [1.29, 1.82) is 0 Å². The Morgan fingerprint density at radius 1 is 1.38 bits per heavy atom. The summed E-state index contributed by atoms with van der Waals surface area (Å²) in [5.74, 6) is -0.811. The lowest BCUT2D eigenvalue weighted by molar-refractivity contribution is 0.0515. The highest BCUT2D eigenvalue weighted by atomic mass is 35.5. The lowest BCUT2D eigenvalue weighted by Crippen LogP contribution is -2.09. The van der Waals surface area contributed by atoms with Crippen LogP contribution in [0.1, 0.15) is 37.3 Å². The van der Waals surface area contributed by atoms with Gasteiger partial charge in [-0.3, -0.25) is 4.68 Å². The highest BCUT2D eigenvalue weighted by molar-refractivity contribution is 6.30. The van der Waals surface area contributed by atoms with Crippen LogP contribution < -0.4 is 0 Å². The van der Waals surface area contributed by atoms with Crippen molar-refractivity contribution < 1.29 is 14.6 Å². The zero-order valence-electron chi connectivity index (χ0n) is 12.1. The van der Waals surface area contributed by atoms with E-state index in [1.807, 2.05) is 13.8 Å². The Hall–Kier alpha value is -2.01. The van der Waals surface area contributed by atoms with E-state index in [9.17, 15) is 9.90 Å². The molecule has 2 aromatic rings. The molecular formula is C15H17ClN2O3. The fraction of sp³-hybridized carbons (Fsp3) is 0.333. The summed E-state index contributed by atoms with van der Waals surface area (Å²) in [7, 11) is 0. The fourth-order valence-corrected chi connectivity index (χ4v) is 2.14. The number of ether oxygens (including phenoxy) is 1. The van der Waals surface area contributed by atoms with Crippen LogP contribution in [-0.4, -0.2) is 27.5 Å². The van der Waals surface area contributed by atoms with Gasteiger partial charge in [0, 0.05) is 16.6 Å². The zero-order chi connectivity index (χ0) is 15.6. The lowest BCUT2D eigenvalue weighted by Gasteiger charge is -2.11. The van der Waals surface area contributed by atoms with Crippen molar-refractivity contribution in [3.8, 4) is 17.0 Å². The third kappa shape index (κ3) is 3.03. The topological polar surface area (TPSA) is 64.3 Å². The molecule has 0 aliphatic carbocycles. The van der Waals surface area contributed by atoms with Crippen LogP contribution in [0, 0.1) is 0 Å². The Labute approximate surface area is 128 Å². The first-order valence-electron chi connectivity index (χ1n) is 6.70. The Kier molecular flexibility index (Phi) is 4.53. The van der Waals surface area contributed by atoms with E-state index in [4.69, 9.17) is 16.3 Å². The molecule has 112 valence electrons. The average molecular weight is 309 g/mol. The second kappa shape index (κ2) is 6.18. The number of halogens is 1. The van der Waals surface area contributed by atoms with Gasteiger partial charge in [0.2, 0.25) is 5.69 Å². The molecule has 0 aliphatic heterocycles. The molecule has 1 aromatic carbocycles. The molecule has 0 saturated heterocycles. The van der Waals surface area contributed by atoms with Gasteiger partial charge in [-0.25, -0.2) is 4.79 Å². The van der Waals surface area contributed by atoms with Crippen molar-refractivity contribution >= 4 is 17.6 Å². The molecule has 6 heteroatoms. The van der Waals surface area contributed by atoms with Crippen LogP contribution in [0.15, 0.2) is 24.3 Å². The largest absolute Gasteiger partial charge is 0.504 e. The summed E-state index contributed by atoms with van der Waals surface area (Å²) < 4.78 is 6.52. The second-order valence-electron chi connectivity index (χ2n) is 4.81. The van der Waals surface area contributed by atoms with Crippen LogP contribution in [0.25, 0.3) is 11.3 Å². The van der Waals surface area contributed by atoms with Crippen molar-refractivity contribution in [3.63, 3.8) is 0 Å². The molecular weight excluding hydrogens is 292 g/mol. The third-order valence-corrected chi connectivity index (χ3v) is 3.21.